The van der Waals surface area contributed by atoms with Gasteiger partial charge in [0.15, 0.2) is 12.4 Å². The molecule has 13 nitrogen and oxygen atoms in total. The van der Waals surface area contributed by atoms with E-state index in [2.05, 4.69) is 0 Å². The first kappa shape index (κ1) is 27.3. The van der Waals surface area contributed by atoms with Gasteiger partial charge >= 0.3 is 43.7 Å². The van der Waals surface area contributed by atoms with Crippen LogP contribution < -0.4 is 0 Å². The first-order valence-electron chi connectivity index (χ1n) is 8.56. The van der Waals surface area contributed by atoms with Crippen LogP contribution in [0.3, 0.4) is 0 Å². The predicted molar refractivity (Wildman–Crippen MR) is 92.2 cm³/mol. The molecule has 14 heteroatoms. The van der Waals surface area contributed by atoms with E-state index in [4.69, 9.17) is 18.9 Å². The fourth-order valence-corrected chi connectivity index (χ4v) is 3.00. The van der Waals surface area contributed by atoms with Gasteiger partial charge in [-0.25, -0.2) is 4.79 Å². The zero-order valence-electron chi connectivity index (χ0n) is 17.6. The van der Waals surface area contributed by atoms with Crippen molar-refractivity contribution < 1.29 is 67.4 Å². The fraction of sp³-hybridized carbons (Fsp3) is 0.933. The molecule has 0 radical (unpaired) electrons. The molecule has 2 saturated heterocycles. The van der Waals surface area contributed by atoms with E-state index in [1.807, 2.05) is 0 Å². The number of esters is 1. The van der Waals surface area contributed by atoms with Gasteiger partial charge in [-0.15, -0.1) is 0 Å². The molecule has 0 amide bonds. The average Bonchev–Trinajstić information content (AvgIpc) is 2.94. The van der Waals surface area contributed by atoms with E-state index in [1.54, 1.807) is 0 Å². The van der Waals surface area contributed by atoms with E-state index in [-0.39, 0.29) is 40.6 Å². The van der Waals surface area contributed by atoms with Crippen molar-refractivity contribution in [3.63, 3.8) is 0 Å². The van der Waals surface area contributed by atoms with Crippen molar-refractivity contribution in [2.45, 2.75) is 67.8 Å². The number of hydrogen-bond acceptors (Lipinski definition) is 13. The summed E-state index contributed by atoms with van der Waals surface area (Å²) in [5.74, 6) is -3.55. The van der Waals surface area contributed by atoms with Crippen LogP contribution in [0, 0.1) is 0 Å². The van der Waals surface area contributed by atoms with Crippen LogP contribution in [-0.4, -0.2) is 165 Å². The first-order chi connectivity index (χ1) is 13.1. The van der Waals surface area contributed by atoms with E-state index in [0.29, 0.717) is 0 Å². The number of hydrogen-bond donors (Lipinski definition) is 8. The molecule has 0 spiro atoms. The summed E-state index contributed by atoms with van der Waals surface area (Å²) in [5.41, 5.74) is 0. The van der Waals surface area contributed by atoms with Gasteiger partial charge in [-0.1, -0.05) is 0 Å². The molecule has 2 aliphatic heterocycles. The summed E-state index contributed by atoms with van der Waals surface area (Å²) in [6.07, 6.45) is -14.9. The van der Waals surface area contributed by atoms with Gasteiger partial charge in [0.25, 0.3) is 0 Å². The van der Waals surface area contributed by atoms with Crippen LogP contribution in [0.1, 0.15) is 9.78 Å². The predicted octanol–water partition coefficient (Wildman–Crippen LogP) is -5.62. The van der Waals surface area contributed by atoms with Crippen LogP contribution in [0.2, 0.25) is 0 Å². The van der Waals surface area contributed by atoms with Crippen molar-refractivity contribution in [3.8, 4) is 0 Å². The van der Waals surface area contributed by atoms with Gasteiger partial charge in [-0.3, -0.25) is 0 Å². The van der Waals surface area contributed by atoms with Crippen LogP contribution in [-0.2, 0) is 23.7 Å². The maximum Gasteiger partial charge on any atom is 2.00 e. The van der Waals surface area contributed by atoms with Gasteiger partial charge < -0.3 is 62.7 Å². The zero-order chi connectivity index (χ0) is 21.2. The zero-order valence-corrected chi connectivity index (χ0v) is 17.9. The second kappa shape index (κ2) is 11.2. The largest absolute Gasteiger partial charge is 2.00 e. The average molecular weight is 456 g/mol. The Labute approximate surface area is 198 Å². The van der Waals surface area contributed by atoms with Crippen molar-refractivity contribution >= 4 is 43.7 Å². The van der Waals surface area contributed by atoms with Crippen LogP contribution in [0.4, 0.5) is 0 Å². The minimum Gasteiger partial charge on any atom is -1.00 e. The molecule has 2 fully saturated rings. The monoisotopic (exact) mass is 456 g/mol. The summed E-state index contributed by atoms with van der Waals surface area (Å²) in [7, 11) is 0. The van der Waals surface area contributed by atoms with Crippen LogP contribution in [0.25, 0.3) is 0 Å². The van der Waals surface area contributed by atoms with E-state index in [0.717, 1.165) is 6.92 Å². The maximum absolute atomic E-state index is 11.8. The molecule has 29 heavy (non-hydrogen) atoms. The van der Waals surface area contributed by atoms with Crippen molar-refractivity contribution in [3.05, 3.63) is 0 Å². The van der Waals surface area contributed by atoms with Crippen molar-refractivity contribution in [1.29, 1.82) is 0 Å². The summed E-state index contributed by atoms with van der Waals surface area (Å²) in [5, 5.41) is 77.8. The van der Waals surface area contributed by atoms with Crippen molar-refractivity contribution in [2.24, 2.45) is 0 Å². The summed E-state index contributed by atoms with van der Waals surface area (Å²) < 4.78 is 20.8. The molecule has 0 saturated carbocycles. The topological polar surface area (TPSA) is 216 Å². The van der Waals surface area contributed by atoms with Crippen molar-refractivity contribution in [1.82, 2.24) is 0 Å². The number of aliphatic hydroxyl groups is 8. The second-order valence-corrected chi connectivity index (χ2v) is 6.65. The standard InChI is InChI=1S/C15H26O13.Ca.2H/c1-5(19)13(24)26-12-9(21)7(3-17)27-15(12,4-18)28-14-11(23)10(22)8(20)6(2-16)25-14;;;/h5-12,14,16-23H,2-4H2,1H3;;;/q;+2;2*-1/t5?,6-,7-,8-,9-,10+,11-,12+,14-,15+;;;/m1.../s1. The molecule has 0 bridgehead atoms. The van der Waals surface area contributed by atoms with Crippen molar-refractivity contribution in [2.75, 3.05) is 19.8 Å². The Hall–Kier alpha value is 0.290. The third kappa shape index (κ3) is 5.56. The molecule has 0 aliphatic carbocycles. The molecule has 0 aromatic rings. The Morgan fingerprint density at radius 2 is 1.62 bits per heavy atom. The van der Waals surface area contributed by atoms with E-state index < -0.39 is 86.7 Å². The van der Waals surface area contributed by atoms with E-state index in [1.165, 1.54) is 0 Å². The Bertz CT molecular complexity index is 545. The molecule has 8 N–H and O–H groups in total. The first-order valence-corrected chi connectivity index (χ1v) is 8.56. The summed E-state index contributed by atoms with van der Waals surface area (Å²) in [6.45, 7) is -1.48. The van der Waals surface area contributed by atoms with E-state index in [9.17, 15) is 45.6 Å². The molecule has 168 valence electrons. The third-order valence-electron chi connectivity index (χ3n) is 4.62. The molecular weight excluding hydrogens is 428 g/mol. The molecule has 2 aliphatic rings. The molecule has 1 unspecified atom stereocenters. The molecule has 0 aromatic heterocycles. The van der Waals surface area contributed by atoms with Gasteiger partial charge in [0.05, 0.1) is 13.2 Å². The Kier molecular flexibility index (Phi) is 10.6. The molecule has 2 rings (SSSR count). The number of rotatable bonds is 7. The Morgan fingerprint density at radius 3 is 2.10 bits per heavy atom. The number of aliphatic hydroxyl groups excluding tert-OH is 8. The molecule has 10 atom stereocenters. The van der Waals surface area contributed by atoms with Gasteiger partial charge in [-0.05, 0) is 6.92 Å². The van der Waals surface area contributed by atoms with Gasteiger partial charge in [0.1, 0.15) is 49.3 Å². The number of carbonyl (C=O) groups is 1. The number of carbonyl (C=O) groups excluding carboxylic acids is 1. The maximum atomic E-state index is 11.8. The Morgan fingerprint density at radius 1 is 1.03 bits per heavy atom. The third-order valence-corrected chi connectivity index (χ3v) is 4.62. The normalized spacial score (nSPS) is 43.5. The summed E-state index contributed by atoms with van der Waals surface area (Å²) in [4.78, 5) is 11.8. The smallest absolute Gasteiger partial charge is 1.00 e. The van der Waals surface area contributed by atoms with Crippen LogP contribution in [0.15, 0.2) is 0 Å². The minimum atomic E-state index is -2.36. The quantitative estimate of drug-likeness (QED) is 0.133. The van der Waals surface area contributed by atoms with E-state index >= 15 is 0 Å². The minimum absolute atomic E-state index is 0. The van der Waals surface area contributed by atoms with Gasteiger partial charge in [-0.2, -0.15) is 0 Å². The molecular formula is C15H28CaO13. The van der Waals surface area contributed by atoms with Crippen LogP contribution in [0.5, 0.6) is 0 Å². The number of ether oxygens (including phenoxy) is 4. The second-order valence-electron chi connectivity index (χ2n) is 6.65. The summed E-state index contributed by atoms with van der Waals surface area (Å²) in [6, 6.07) is 0. The van der Waals surface area contributed by atoms with Crippen LogP contribution >= 0.6 is 0 Å². The molecule has 2 heterocycles. The summed E-state index contributed by atoms with van der Waals surface area (Å²) >= 11 is 0. The fourth-order valence-electron chi connectivity index (χ4n) is 3.00. The SMILES string of the molecule is CC(O)C(=O)O[C@H]1[C@H](O)[C@@H](CO)O[C@@]1(CO)O[C@H]1O[C@H](CO)[C@@H](O)[C@H](O)[C@H]1O.[Ca+2].[H-].[H-]. The van der Waals surface area contributed by atoms with Gasteiger partial charge in [0.2, 0.25) is 5.79 Å². The molecule has 0 aromatic carbocycles. The Balaban J connectivity index is 0. The van der Waals surface area contributed by atoms with Gasteiger partial charge in [0, 0.05) is 0 Å².